The summed E-state index contributed by atoms with van der Waals surface area (Å²) < 4.78 is 48.7. The van der Waals surface area contributed by atoms with Crippen LogP contribution in [0.1, 0.15) is 53.0 Å². The summed E-state index contributed by atoms with van der Waals surface area (Å²) in [5, 5.41) is 0.492. The molecule has 49 heavy (non-hydrogen) atoms. The fourth-order valence-corrected chi connectivity index (χ4v) is 6.14. The van der Waals surface area contributed by atoms with Gasteiger partial charge in [0.25, 0.3) is 11.5 Å². The molecule has 0 unspecified atom stereocenters. The Hall–Kier alpha value is -5.18. The van der Waals surface area contributed by atoms with Gasteiger partial charge < -0.3 is 19.1 Å². The summed E-state index contributed by atoms with van der Waals surface area (Å²) >= 11 is 0. The maximum Gasteiger partial charge on any atom is 0.434 e. The van der Waals surface area contributed by atoms with Gasteiger partial charge in [0.1, 0.15) is 28.9 Å². The van der Waals surface area contributed by atoms with Crippen molar-refractivity contribution >= 4 is 16.9 Å². The van der Waals surface area contributed by atoms with Crippen molar-refractivity contribution in [2.75, 3.05) is 40.3 Å². The standard InChI is InChI=1S/C34H34F3N9O3/c1-4-44-18-25(34(35,36)37)41-29(44)22-7-5-20(6-8-22)17-46-30-23(15-24(33(46)48)32(47)45-13-11-43(2)12-14-45)16-38-28(42-30)26-27(21-9-10-21)39-19-40-31(26)49-3/h5-8,15-16,18-19,21H,4,9-14,17H2,1-3H3. The highest BCUT2D eigenvalue weighted by atomic mass is 19.4. The molecule has 12 nitrogen and oxygen atoms in total. The number of pyridine rings is 1. The van der Waals surface area contributed by atoms with Gasteiger partial charge in [-0.05, 0) is 38.4 Å². The van der Waals surface area contributed by atoms with Gasteiger partial charge in [0.2, 0.25) is 5.88 Å². The monoisotopic (exact) mass is 673 g/mol. The Morgan fingerprint density at radius 3 is 2.41 bits per heavy atom. The number of methoxy groups -OCH3 is 1. The number of alkyl halides is 3. The van der Waals surface area contributed by atoms with E-state index in [0.717, 1.165) is 24.7 Å². The average molecular weight is 674 g/mol. The SMILES string of the molecule is CCn1cc(C(F)(F)F)nc1-c1ccc(Cn2c(=O)c(C(=O)N3CCN(C)CC3)cc3cnc(-c4c(OC)ncnc4C4CC4)nc32)cc1. The second-order valence-electron chi connectivity index (χ2n) is 12.4. The number of imidazole rings is 1. The third-order valence-electron chi connectivity index (χ3n) is 9.03. The molecule has 0 radical (unpaired) electrons. The van der Waals surface area contributed by atoms with Crippen LogP contribution in [0.2, 0.25) is 0 Å². The minimum Gasteiger partial charge on any atom is -0.480 e. The highest BCUT2D eigenvalue weighted by Crippen LogP contribution is 2.45. The third-order valence-corrected chi connectivity index (χ3v) is 9.03. The van der Waals surface area contributed by atoms with E-state index in [-0.39, 0.29) is 29.8 Å². The number of hydrogen-bond acceptors (Lipinski definition) is 9. The molecule has 254 valence electrons. The second-order valence-corrected chi connectivity index (χ2v) is 12.4. The molecule has 1 aliphatic heterocycles. The van der Waals surface area contributed by atoms with Crippen LogP contribution in [0.5, 0.6) is 5.88 Å². The van der Waals surface area contributed by atoms with Crippen LogP contribution in [0.15, 0.2) is 53.8 Å². The summed E-state index contributed by atoms with van der Waals surface area (Å²) in [5.41, 5.74) is 1.32. The number of piperazine rings is 1. The molecule has 5 aromatic rings. The molecule has 0 bridgehead atoms. The van der Waals surface area contributed by atoms with Crippen molar-refractivity contribution in [3.8, 4) is 28.7 Å². The predicted molar refractivity (Wildman–Crippen MR) is 174 cm³/mol. The van der Waals surface area contributed by atoms with Gasteiger partial charge in [-0.15, -0.1) is 0 Å². The molecule has 2 aliphatic rings. The van der Waals surface area contributed by atoms with E-state index in [1.807, 2.05) is 7.05 Å². The van der Waals surface area contributed by atoms with E-state index < -0.39 is 17.4 Å². The maximum absolute atomic E-state index is 14.2. The van der Waals surface area contributed by atoms with E-state index in [4.69, 9.17) is 9.72 Å². The molecule has 1 saturated carbocycles. The van der Waals surface area contributed by atoms with Gasteiger partial charge >= 0.3 is 6.18 Å². The number of amides is 1. The van der Waals surface area contributed by atoms with Crippen LogP contribution in [0.3, 0.4) is 0 Å². The largest absolute Gasteiger partial charge is 0.480 e. The highest BCUT2D eigenvalue weighted by Gasteiger charge is 2.35. The van der Waals surface area contributed by atoms with Gasteiger partial charge in [0.05, 0.1) is 19.3 Å². The van der Waals surface area contributed by atoms with Gasteiger partial charge in [-0.2, -0.15) is 13.2 Å². The smallest absolute Gasteiger partial charge is 0.434 e. The number of aromatic nitrogens is 7. The average Bonchev–Trinajstić information content (AvgIpc) is 3.86. The summed E-state index contributed by atoms with van der Waals surface area (Å²) in [6.07, 6.45) is 1.40. The molecule has 2 fully saturated rings. The molecule has 4 aromatic heterocycles. The fourth-order valence-electron chi connectivity index (χ4n) is 6.14. The highest BCUT2D eigenvalue weighted by molar-refractivity contribution is 5.97. The minimum absolute atomic E-state index is 0.00831. The number of hydrogen-bond donors (Lipinski definition) is 0. The van der Waals surface area contributed by atoms with Crippen molar-refractivity contribution in [2.45, 2.75) is 44.9 Å². The van der Waals surface area contributed by atoms with Crippen LogP contribution in [-0.4, -0.2) is 90.1 Å². The van der Waals surface area contributed by atoms with E-state index in [0.29, 0.717) is 72.2 Å². The van der Waals surface area contributed by atoms with Crippen molar-refractivity contribution in [3.05, 3.63) is 81.9 Å². The number of carbonyl (C=O) groups excluding carboxylic acids is 1. The topological polar surface area (TPSA) is 124 Å². The normalized spacial score (nSPS) is 15.6. The van der Waals surface area contributed by atoms with Crippen LogP contribution >= 0.6 is 0 Å². The quantitative estimate of drug-likeness (QED) is 0.235. The number of rotatable bonds is 8. The van der Waals surface area contributed by atoms with Gasteiger partial charge in [0.15, 0.2) is 11.5 Å². The molecule has 1 amide bonds. The molecule has 15 heteroatoms. The van der Waals surface area contributed by atoms with Crippen molar-refractivity contribution in [1.82, 2.24) is 43.9 Å². The van der Waals surface area contributed by atoms with Crippen LogP contribution in [0.25, 0.3) is 33.8 Å². The molecule has 5 heterocycles. The summed E-state index contributed by atoms with van der Waals surface area (Å²) in [7, 11) is 3.49. The van der Waals surface area contributed by atoms with Crippen LogP contribution < -0.4 is 10.3 Å². The lowest BCUT2D eigenvalue weighted by molar-refractivity contribution is -0.140. The minimum atomic E-state index is -4.57. The number of likely N-dealkylation sites (N-methyl/N-ethyl adjacent to an activating group) is 1. The lowest BCUT2D eigenvalue weighted by Gasteiger charge is -2.32. The van der Waals surface area contributed by atoms with E-state index >= 15 is 0 Å². The van der Waals surface area contributed by atoms with Crippen molar-refractivity contribution in [1.29, 1.82) is 0 Å². The Morgan fingerprint density at radius 1 is 1.02 bits per heavy atom. The Kier molecular flexibility index (Phi) is 8.38. The first kappa shape index (κ1) is 32.4. The number of nitrogens with zero attached hydrogens (tertiary/aromatic N) is 9. The van der Waals surface area contributed by atoms with Crippen molar-refractivity contribution in [3.63, 3.8) is 0 Å². The van der Waals surface area contributed by atoms with E-state index in [2.05, 4.69) is 24.8 Å². The molecule has 0 N–H and O–H groups in total. The number of ether oxygens (including phenoxy) is 1. The molecule has 0 atom stereocenters. The number of carbonyl (C=O) groups is 1. The number of benzene rings is 1. The Morgan fingerprint density at radius 2 is 1.76 bits per heavy atom. The first-order valence-corrected chi connectivity index (χ1v) is 16.1. The zero-order chi connectivity index (χ0) is 34.4. The molecule has 1 aromatic carbocycles. The van der Waals surface area contributed by atoms with Gasteiger partial charge in [-0.3, -0.25) is 14.2 Å². The van der Waals surface area contributed by atoms with Crippen LogP contribution in [0, 0.1) is 0 Å². The molecule has 0 spiro atoms. The summed E-state index contributed by atoms with van der Waals surface area (Å²) in [4.78, 5) is 53.9. The first-order chi connectivity index (χ1) is 23.5. The van der Waals surface area contributed by atoms with Gasteiger partial charge in [-0.25, -0.2) is 24.9 Å². The number of fused-ring (bicyclic) bond motifs is 1. The van der Waals surface area contributed by atoms with Gasteiger partial charge in [0, 0.05) is 62.0 Å². The van der Waals surface area contributed by atoms with Crippen molar-refractivity contribution in [2.24, 2.45) is 0 Å². The molecule has 1 saturated heterocycles. The van der Waals surface area contributed by atoms with E-state index in [9.17, 15) is 22.8 Å². The Balaban J connectivity index is 1.32. The Labute approximate surface area is 279 Å². The first-order valence-electron chi connectivity index (χ1n) is 16.1. The summed E-state index contributed by atoms with van der Waals surface area (Å²) in [6.45, 7) is 4.45. The maximum atomic E-state index is 14.2. The zero-order valence-corrected chi connectivity index (χ0v) is 27.2. The lowest BCUT2D eigenvalue weighted by atomic mass is 10.1. The molecular formula is C34H34F3N9O3. The van der Waals surface area contributed by atoms with Crippen molar-refractivity contribution < 1.29 is 22.7 Å². The number of halogens is 3. The predicted octanol–water partition coefficient (Wildman–Crippen LogP) is 4.47. The zero-order valence-electron chi connectivity index (χ0n) is 27.2. The van der Waals surface area contributed by atoms with E-state index in [1.54, 1.807) is 48.4 Å². The summed E-state index contributed by atoms with van der Waals surface area (Å²) in [5.74, 6) is 0.661. The summed E-state index contributed by atoms with van der Waals surface area (Å²) in [6, 6.07) is 8.35. The van der Waals surface area contributed by atoms with Crippen LogP contribution in [-0.2, 0) is 19.3 Å². The number of aryl methyl sites for hydroxylation is 1. The third kappa shape index (κ3) is 6.25. The molecule has 7 rings (SSSR count). The van der Waals surface area contributed by atoms with Crippen LogP contribution in [0.4, 0.5) is 13.2 Å². The second kappa shape index (κ2) is 12.7. The lowest BCUT2D eigenvalue weighted by Crippen LogP contribution is -2.48. The fraction of sp³-hybridized carbons (Fsp3) is 0.382. The van der Waals surface area contributed by atoms with E-state index in [1.165, 1.54) is 22.6 Å². The molecular weight excluding hydrogens is 639 g/mol. The molecule has 1 aliphatic carbocycles. The van der Waals surface area contributed by atoms with Gasteiger partial charge in [-0.1, -0.05) is 24.3 Å². The Bertz CT molecular complexity index is 2100.